The summed E-state index contributed by atoms with van der Waals surface area (Å²) in [5.41, 5.74) is -3.72. The number of carbonyl (C=O) groups is 2. The molecule has 0 bridgehead atoms. The molecule has 1 heterocycles. The molecule has 1 amide bonds. The molecule has 0 aliphatic heterocycles. The summed E-state index contributed by atoms with van der Waals surface area (Å²) >= 11 is 5.56. The van der Waals surface area contributed by atoms with Crippen LogP contribution in [0.2, 0.25) is 5.02 Å². The number of carbonyl (C=O) groups excluding carboxylic acids is 2. The highest BCUT2D eigenvalue weighted by atomic mass is 35.5. The number of sulfone groups is 1. The molecule has 4 aromatic rings. The average Bonchev–Trinajstić information content (AvgIpc) is 3.03. The Bertz CT molecular complexity index is 1910. The van der Waals surface area contributed by atoms with Gasteiger partial charge in [0.15, 0.2) is 11.5 Å². The van der Waals surface area contributed by atoms with Gasteiger partial charge in [-0.15, -0.1) is 0 Å². The van der Waals surface area contributed by atoms with Gasteiger partial charge in [0.05, 0.1) is 23.8 Å². The van der Waals surface area contributed by atoms with Gasteiger partial charge in [-0.25, -0.2) is 18.2 Å². The van der Waals surface area contributed by atoms with Gasteiger partial charge in [0.1, 0.15) is 5.56 Å². The van der Waals surface area contributed by atoms with Crippen LogP contribution < -0.4 is 9.47 Å². The minimum absolute atomic E-state index is 0.0255. The molecule has 0 atom stereocenters. The van der Waals surface area contributed by atoms with Crippen LogP contribution in [0, 0.1) is 0 Å². The number of amides is 1. The first-order chi connectivity index (χ1) is 22.7. The standard InChI is InChI=1S/C23H19F6N3O5S.C7H5ClO3/c1-32(12-13-8-14(22(24,25)26)10-15(9-13)23(27,28)29)20(33)16-11-30-21(38(3,34)35)31-19(16)37-18-7-5-4-6-17(18)36-2;8-6-3-1-2-5(4-6)7(9)11-10/h4-11H,12H2,1-3H3;1-4,10H. The van der Waals surface area contributed by atoms with Crippen molar-refractivity contribution in [2.45, 2.75) is 24.1 Å². The summed E-state index contributed by atoms with van der Waals surface area (Å²) in [5.74, 6) is -2.07. The molecule has 0 unspecified atom stereocenters. The molecule has 4 rings (SSSR count). The van der Waals surface area contributed by atoms with Gasteiger partial charge in [-0.2, -0.15) is 36.6 Å². The number of halogens is 7. The molecule has 0 spiro atoms. The van der Waals surface area contributed by atoms with Crippen molar-refractivity contribution >= 4 is 33.3 Å². The third-order valence-electron chi connectivity index (χ3n) is 6.13. The van der Waals surface area contributed by atoms with E-state index in [1.54, 1.807) is 24.3 Å². The summed E-state index contributed by atoms with van der Waals surface area (Å²) in [7, 11) is -1.51. The van der Waals surface area contributed by atoms with Crippen molar-refractivity contribution < 1.29 is 64.0 Å². The monoisotopic (exact) mass is 735 g/mol. The molecule has 0 aliphatic carbocycles. The smallest absolute Gasteiger partial charge is 0.416 e. The Labute approximate surface area is 279 Å². The van der Waals surface area contributed by atoms with Crippen LogP contribution in [0.15, 0.2) is 78.1 Å². The molecule has 11 nitrogen and oxygen atoms in total. The van der Waals surface area contributed by atoms with Crippen LogP contribution in [0.5, 0.6) is 17.4 Å². The normalized spacial score (nSPS) is 11.6. The molecule has 1 aromatic heterocycles. The zero-order valence-corrected chi connectivity index (χ0v) is 26.9. The lowest BCUT2D eigenvalue weighted by molar-refractivity contribution is -0.182. The van der Waals surface area contributed by atoms with Crippen molar-refractivity contribution in [3.05, 3.63) is 106 Å². The largest absolute Gasteiger partial charge is 0.493 e. The Kier molecular flexibility index (Phi) is 12.2. The molecule has 0 saturated carbocycles. The number of hydrogen-bond acceptors (Lipinski definition) is 10. The van der Waals surface area contributed by atoms with Crippen molar-refractivity contribution in [1.29, 1.82) is 0 Å². The SMILES string of the molecule is COc1ccccc1Oc1nc(S(C)(=O)=O)ncc1C(=O)N(C)Cc1cc(C(F)(F)F)cc(C(F)(F)F)c1.O=C(OO)c1cccc(Cl)c1. The molecule has 3 aromatic carbocycles. The first-order valence-corrected chi connectivity index (χ1v) is 15.5. The first-order valence-electron chi connectivity index (χ1n) is 13.3. The van der Waals surface area contributed by atoms with Crippen molar-refractivity contribution in [2.75, 3.05) is 20.4 Å². The fourth-order valence-corrected chi connectivity index (χ4v) is 4.57. The topological polar surface area (TPSA) is 145 Å². The van der Waals surface area contributed by atoms with Crippen LogP contribution in [0.25, 0.3) is 0 Å². The van der Waals surface area contributed by atoms with E-state index in [0.717, 1.165) is 24.4 Å². The quantitative estimate of drug-likeness (QED) is 0.0873. The molecule has 0 fully saturated rings. The number of hydrogen-bond donors (Lipinski definition) is 1. The van der Waals surface area contributed by atoms with Crippen molar-refractivity contribution in [2.24, 2.45) is 0 Å². The van der Waals surface area contributed by atoms with E-state index in [1.165, 1.54) is 31.4 Å². The van der Waals surface area contributed by atoms with Crippen LogP contribution in [0.3, 0.4) is 0 Å². The summed E-state index contributed by atoms with van der Waals surface area (Å²) in [6.45, 7) is -0.673. The number of alkyl halides is 6. The minimum atomic E-state index is -5.07. The number of nitrogens with zero attached hydrogens (tertiary/aromatic N) is 3. The zero-order chi connectivity index (χ0) is 36.7. The third kappa shape index (κ3) is 10.5. The molecule has 1 N–H and O–H groups in total. The second-order valence-corrected chi connectivity index (χ2v) is 12.2. The van der Waals surface area contributed by atoms with Gasteiger partial charge in [-0.1, -0.05) is 29.8 Å². The molecular formula is C30H24ClF6N3O8S. The molecule has 262 valence electrons. The summed E-state index contributed by atoms with van der Waals surface area (Å²) in [4.78, 5) is 35.6. The van der Waals surface area contributed by atoms with Gasteiger partial charge < -0.3 is 14.4 Å². The highest BCUT2D eigenvalue weighted by Gasteiger charge is 2.37. The lowest BCUT2D eigenvalue weighted by atomic mass is 10.0. The highest BCUT2D eigenvalue weighted by molar-refractivity contribution is 7.90. The predicted octanol–water partition coefficient (Wildman–Crippen LogP) is 6.96. The van der Waals surface area contributed by atoms with E-state index >= 15 is 0 Å². The van der Waals surface area contributed by atoms with Crippen molar-refractivity contribution in [3.63, 3.8) is 0 Å². The Morgan fingerprint density at radius 3 is 2.02 bits per heavy atom. The lowest BCUT2D eigenvalue weighted by Crippen LogP contribution is -2.27. The van der Waals surface area contributed by atoms with Crippen LogP contribution >= 0.6 is 11.6 Å². The Hall–Kier alpha value is -4.94. The Morgan fingerprint density at radius 2 is 1.51 bits per heavy atom. The second kappa shape index (κ2) is 15.5. The van der Waals surface area contributed by atoms with Crippen molar-refractivity contribution in [1.82, 2.24) is 14.9 Å². The van der Waals surface area contributed by atoms with E-state index in [1.807, 2.05) is 0 Å². The number of benzene rings is 3. The van der Waals surface area contributed by atoms with Gasteiger partial charge in [-0.3, -0.25) is 9.68 Å². The average molecular weight is 736 g/mol. The first kappa shape index (κ1) is 38.5. The fourth-order valence-electron chi connectivity index (χ4n) is 3.89. The van der Waals surface area contributed by atoms with E-state index in [0.29, 0.717) is 17.2 Å². The second-order valence-electron chi connectivity index (χ2n) is 9.86. The summed E-state index contributed by atoms with van der Waals surface area (Å²) in [5, 5.41) is 7.72. The Balaban J connectivity index is 0.000000501. The van der Waals surface area contributed by atoms with Gasteiger partial charge in [0, 0.05) is 31.1 Å². The summed E-state index contributed by atoms with van der Waals surface area (Å²) < 4.78 is 114. The zero-order valence-electron chi connectivity index (χ0n) is 25.3. The van der Waals surface area contributed by atoms with Gasteiger partial charge in [0.25, 0.3) is 5.91 Å². The fraction of sp³-hybridized carbons (Fsp3) is 0.200. The van der Waals surface area contributed by atoms with Crippen LogP contribution in [0.4, 0.5) is 26.3 Å². The number of ether oxygens (including phenoxy) is 2. The molecule has 19 heteroatoms. The van der Waals surface area contributed by atoms with E-state index < -0.39 is 73.9 Å². The van der Waals surface area contributed by atoms with Crippen LogP contribution in [0.1, 0.15) is 37.4 Å². The maximum Gasteiger partial charge on any atom is 0.416 e. The van der Waals surface area contributed by atoms with E-state index in [4.69, 9.17) is 26.3 Å². The van der Waals surface area contributed by atoms with Crippen LogP contribution in [-0.2, 0) is 33.6 Å². The van der Waals surface area contributed by atoms with Crippen LogP contribution in [-0.4, -0.2) is 60.8 Å². The molecule has 0 radical (unpaired) electrons. The van der Waals surface area contributed by atoms with E-state index in [9.17, 15) is 44.3 Å². The molecule has 49 heavy (non-hydrogen) atoms. The number of methoxy groups -OCH3 is 1. The van der Waals surface area contributed by atoms with Crippen molar-refractivity contribution in [3.8, 4) is 17.4 Å². The molecular weight excluding hydrogens is 712 g/mol. The lowest BCUT2D eigenvalue weighted by Gasteiger charge is -2.21. The summed E-state index contributed by atoms with van der Waals surface area (Å²) in [6, 6.07) is 13.2. The Morgan fingerprint density at radius 1 is 0.918 bits per heavy atom. The highest BCUT2D eigenvalue weighted by Crippen LogP contribution is 2.37. The van der Waals surface area contributed by atoms with Gasteiger partial charge >= 0.3 is 18.3 Å². The van der Waals surface area contributed by atoms with Gasteiger partial charge in [-0.05, 0) is 54.1 Å². The summed E-state index contributed by atoms with van der Waals surface area (Å²) in [6.07, 6.45) is -8.48. The molecule has 0 saturated heterocycles. The van der Waals surface area contributed by atoms with Gasteiger partial charge in [0.2, 0.25) is 20.9 Å². The number of para-hydroxylation sites is 2. The van der Waals surface area contributed by atoms with E-state index in [-0.39, 0.29) is 23.1 Å². The molecule has 0 aliphatic rings. The minimum Gasteiger partial charge on any atom is -0.493 e. The maximum atomic E-state index is 13.2. The maximum absolute atomic E-state index is 13.2. The van der Waals surface area contributed by atoms with E-state index in [2.05, 4.69) is 14.9 Å². The predicted molar refractivity (Wildman–Crippen MR) is 160 cm³/mol. The number of aromatic nitrogens is 2. The third-order valence-corrected chi connectivity index (χ3v) is 7.22. The number of rotatable bonds is 8.